The highest BCUT2D eigenvalue weighted by Gasteiger charge is 2.10. The predicted octanol–water partition coefficient (Wildman–Crippen LogP) is 3.14. The SMILES string of the molecule is Cc1cnc(C(C)Nc2n[nH]c(=S)s2)s1. The average molecular weight is 258 g/mol. The molecule has 0 saturated heterocycles. The highest BCUT2D eigenvalue weighted by atomic mass is 32.1. The number of thiazole rings is 1. The highest BCUT2D eigenvalue weighted by Crippen LogP contribution is 2.23. The predicted molar refractivity (Wildman–Crippen MR) is 66.2 cm³/mol. The Morgan fingerprint density at radius 2 is 2.33 bits per heavy atom. The van der Waals surface area contributed by atoms with E-state index >= 15 is 0 Å². The molecule has 0 saturated carbocycles. The molecule has 2 aromatic rings. The first-order chi connectivity index (χ1) is 7.15. The molecule has 80 valence electrons. The molecule has 2 heterocycles. The minimum atomic E-state index is 0.164. The van der Waals surface area contributed by atoms with Crippen LogP contribution in [0.25, 0.3) is 0 Å². The van der Waals surface area contributed by atoms with Gasteiger partial charge in [0, 0.05) is 11.1 Å². The third-order valence-corrected chi connectivity index (χ3v) is 3.90. The number of nitrogens with zero attached hydrogens (tertiary/aromatic N) is 2. The molecule has 0 amide bonds. The van der Waals surface area contributed by atoms with Crippen molar-refractivity contribution in [3.8, 4) is 0 Å². The summed E-state index contributed by atoms with van der Waals surface area (Å²) in [6.07, 6.45) is 1.88. The van der Waals surface area contributed by atoms with Gasteiger partial charge in [0.1, 0.15) is 5.01 Å². The lowest BCUT2D eigenvalue weighted by Gasteiger charge is -2.08. The number of nitrogens with one attached hydrogen (secondary N) is 2. The van der Waals surface area contributed by atoms with Gasteiger partial charge in [0.15, 0.2) is 3.95 Å². The van der Waals surface area contributed by atoms with Gasteiger partial charge in [-0.1, -0.05) is 11.3 Å². The first kappa shape index (κ1) is 10.7. The summed E-state index contributed by atoms with van der Waals surface area (Å²) in [5.74, 6) is 0. The number of aromatic amines is 1. The van der Waals surface area contributed by atoms with Crippen molar-refractivity contribution in [2.24, 2.45) is 0 Å². The van der Waals surface area contributed by atoms with Crippen LogP contribution < -0.4 is 5.32 Å². The molecule has 4 nitrogen and oxygen atoms in total. The fourth-order valence-electron chi connectivity index (χ4n) is 1.11. The lowest BCUT2D eigenvalue weighted by molar-refractivity contribution is 0.860. The monoisotopic (exact) mass is 258 g/mol. The molecule has 0 aliphatic heterocycles. The summed E-state index contributed by atoms with van der Waals surface area (Å²) in [6, 6.07) is 0.164. The van der Waals surface area contributed by atoms with E-state index in [0.717, 1.165) is 10.1 Å². The summed E-state index contributed by atoms with van der Waals surface area (Å²) in [7, 11) is 0. The smallest absolute Gasteiger partial charge is 0.204 e. The van der Waals surface area contributed by atoms with E-state index in [2.05, 4.69) is 27.4 Å². The number of anilines is 1. The Hall–Kier alpha value is -0.790. The first-order valence-corrected chi connectivity index (χ1v) is 6.43. The standard InChI is InChI=1S/C8H10N4S3/c1-4-3-9-6(14-4)5(2)10-7-11-12-8(13)15-7/h3,5H,1-2H3,(H,10,11)(H,12,13). The summed E-state index contributed by atoms with van der Waals surface area (Å²) < 4.78 is 0.681. The van der Waals surface area contributed by atoms with Crippen molar-refractivity contribution in [1.29, 1.82) is 0 Å². The van der Waals surface area contributed by atoms with Crippen molar-refractivity contribution in [3.05, 3.63) is 20.0 Å². The number of rotatable bonds is 3. The lowest BCUT2D eigenvalue weighted by atomic mass is 10.4. The number of aryl methyl sites for hydroxylation is 1. The first-order valence-electron chi connectivity index (χ1n) is 4.39. The topological polar surface area (TPSA) is 53.6 Å². The number of aromatic nitrogens is 3. The number of hydrogen-bond acceptors (Lipinski definition) is 6. The Balaban J connectivity index is 2.10. The van der Waals surface area contributed by atoms with Crippen molar-refractivity contribution < 1.29 is 0 Å². The van der Waals surface area contributed by atoms with Gasteiger partial charge in [-0.15, -0.1) is 16.4 Å². The second kappa shape index (κ2) is 4.38. The van der Waals surface area contributed by atoms with Crippen LogP contribution in [0.1, 0.15) is 22.9 Å². The Morgan fingerprint density at radius 1 is 1.53 bits per heavy atom. The van der Waals surface area contributed by atoms with Crippen molar-refractivity contribution >= 4 is 40.0 Å². The van der Waals surface area contributed by atoms with E-state index in [1.807, 2.05) is 13.1 Å². The van der Waals surface area contributed by atoms with Crippen LogP contribution in [0.2, 0.25) is 0 Å². The molecule has 7 heteroatoms. The molecule has 0 radical (unpaired) electrons. The molecule has 15 heavy (non-hydrogen) atoms. The van der Waals surface area contributed by atoms with E-state index in [1.54, 1.807) is 11.3 Å². The summed E-state index contributed by atoms with van der Waals surface area (Å²) >= 11 is 8.07. The van der Waals surface area contributed by atoms with E-state index in [4.69, 9.17) is 12.2 Å². The van der Waals surface area contributed by atoms with Gasteiger partial charge in [-0.3, -0.25) is 5.10 Å². The Bertz CT molecular complexity index is 498. The number of H-pyrrole nitrogens is 1. The molecule has 0 bridgehead atoms. The van der Waals surface area contributed by atoms with Crippen LogP contribution in [0.4, 0.5) is 5.13 Å². The summed E-state index contributed by atoms with van der Waals surface area (Å²) in [5, 5.41) is 11.9. The van der Waals surface area contributed by atoms with E-state index in [1.165, 1.54) is 16.2 Å². The van der Waals surface area contributed by atoms with E-state index < -0.39 is 0 Å². The summed E-state index contributed by atoms with van der Waals surface area (Å²) in [5.41, 5.74) is 0. The molecule has 0 spiro atoms. The molecule has 2 rings (SSSR count). The molecule has 2 aromatic heterocycles. The van der Waals surface area contributed by atoms with Crippen LogP contribution in [-0.2, 0) is 0 Å². The van der Waals surface area contributed by atoms with Crippen LogP contribution >= 0.6 is 34.9 Å². The fourth-order valence-corrected chi connectivity index (χ4v) is 2.76. The maximum atomic E-state index is 4.95. The van der Waals surface area contributed by atoms with Gasteiger partial charge in [0.05, 0.1) is 6.04 Å². The van der Waals surface area contributed by atoms with Gasteiger partial charge in [-0.05, 0) is 26.1 Å². The van der Waals surface area contributed by atoms with Gasteiger partial charge >= 0.3 is 0 Å². The zero-order chi connectivity index (χ0) is 10.8. The summed E-state index contributed by atoms with van der Waals surface area (Å²) in [6.45, 7) is 4.11. The zero-order valence-electron chi connectivity index (χ0n) is 8.27. The van der Waals surface area contributed by atoms with Crippen LogP contribution in [0.3, 0.4) is 0 Å². The average Bonchev–Trinajstić information content (AvgIpc) is 2.75. The second-order valence-electron chi connectivity index (χ2n) is 3.09. The fraction of sp³-hybridized carbons (Fsp3) is 0.375. The molecule has 2 N–H and O–H groups in total. The Labute approximate surface area is 100 Å². The maximum Gasteiger partial charge on any atom is 0.204 e. The normalized spacial score (nSPS) is 12.7. The third kappa shape index (κ3) is 2.61. The van der Waals surface area contributed by atoms with Crippen molar-refractivity contribution in [2.75, 3.05) is 5.32 Å². The minimum absolute atomic E-state index is 0.164. The summed E-state index contributed by atoms with van der Waals surface area (Å²) in [4.78, 5) is 5.53. The Kier molecular flexibility index (Phi) is 3.13. The molecule has 0 aliphatic carbocycles. The molecule has 0 aliphatic rings. The molecular weight excluding hydrogens is 248 g/mol. The van der Waals surface area contributed by atoms with Crippen molar-refractivity contribution in [1.82, 2.24) is 15.2 Å². The van der Waals surface area contributed by atoms with Crippen LogP contribution in [0.15, 0.2) is 6.20 Å². The van der Waals surface area contributed by atoms with E-state index in [9.17, 15) is 0 Å². The van der Waals surface area contributed by atoms with Gasteiger partial charge in [-0.25, -0.2) is 4.98 Å². The van der Waals surface area contributed by atoms with E-state index in [-0.39, 0.29) is 6.04 Å². The van der Waals surface area contributed by atoms with Crippen molar-refractivity contribution in [2.45, 2.75) is 19.9 Å². The Morgan fingerprint density at radius 3 is 2.87 bits per heavy atom. The van der Waals surface area contributed by atoms with Gasteiger partial charge in [0.25, 0.3) is 0 Å². The minimum Gasteiger partial charge on any atom is -0.351 e. The van der Waals surface area contributed by atoms with Crippen LogP contribution in [0, 0.1) is 10.9 Å². The molecule has 0 aromatic carbocycles. The highest BCUT2D eigenvalue weighted by molar-refractivity contribution is 7.73. The third-order valence-electron chi connectivity index (χ3n) is 1.79. The maximum absolute atomic E-state index is 4.95. The van der Waals surface area contributed by atoms with E-state index in [0.29, 0.717) is 3.95 Å². The van der Waals surface area contributed by atoms with Crippen molar-refractivity contribution in [3.63, 3.8) is 0 Å². The lowest BCUT2D eigenvalue weighted by Crippen LogP contribution is -2.05. The largest absolute Gasteiger partial charge is 0.351 e. The molecule has 1 unspecified atom stereocenters. The van der Waals surface area contributed by atoms with Crippen LogP contribution in [0.5, 0.6) is 0 Å². The quantitative estimate of drug-likeness (QED) is 0.830. The second-order valence-corrected chi connectivity index (χ2v) is 6.03. The van der Waals surface area contributed by atoms with Gasteiger partial charge in [0.2, 0.25) is 5.13 Å². The zero-order valence-corrected chi connectivity index (χ0v) is 10.7. The van der Waals surface area contributed by atoms with Gasteiger partial charge < -0.3 is 5.32 Å². The number of hydrogen-bond donors (Lipinski definition) is 2. The van der Waals surface area contributed by atoms with Crippen LogP contribution in [-0.4, -0.2) is 15.2 Å². The van der Waals surface area contributed by atoms with Gasteiger partial charge in [-0.2, -0.15) is 0 Å². The molecular formula is C8H10N4S3. The molecule has 0 fully saturated rings. The molecule has 1 atom stereocenters.